The van der Waals surface area contributed by atoms with Crippen LogP contribution in [0.25, 0.3) is 0 Å². The first kappa shape index (κ1) is 12.9. The molecule has 4 nitrogen and oxygen atoms in total. The number of carboxylic acid groups (broad SMARTS) is 1. The van der Waals surface area contributed by atoms with Crippen molar-refractivity contribution in [3.8, 4) is 5.75 Å². The fraction of sp³-hybridized carbons (Fsp3) is 0.500. The Morgan fingerprint density at radius 2 is 1.94 bits per heavy atom. The van der Waals surface area contributed by atoms with E-state index in [1.54, 1.807) is 7.11 Å². The summed E-state index contributed by atoms with van der Waals surface area (Å²) >= 11 is 0. The van der Waals surface area contributed by atoms with Crippen LogP contribution in [0.2, 0.25) is 0 Å². The predicted molar refractivity (Wildman–Crippen MR) is 68.9 cm³/mol. The average Bonchev–Trinajstić information content (AvgIpc) is 2.90. The van der Waals surface area contributed by atoms with Crippen LogP contribution in [0.1, 0.15) is 18.4 Å². The van der Waals surface area contributed by atoms with Gasteiger partial charge in [-0.2, -0.15) is 0 Å². The molecule has 0 radical (unpaired) electrons. The monoisotopic (exact) mass is 249 g/mol. The average molecular weight is 249 g/mol. The quantitative estimate of drug-likeness (QED) is 0.864. The van der Waals surface area contributed by atoms with Crippen molar-refractivity contribution in [1.82, 2.24) is 4.90 Å². The normalized spacial score (nSPS) is 17.6. The zero-order chi connectivity index (χ0) is 13.0. The maximum Gasteiger partial charge on any atom is 0.321 e. The Morgan fingerprint density at radius 3 is 2.44 bits per heavy atom. The maximum atomic E-state index is 11.3. The van der Waals surface area contributed by atoms with Gasteiger partial charge >= 0.3 is 5.97 Å². The number of hydrogen-bond donors (Lipinski definition) is 1. The number of carboxylic acids is 1. The van der Waals surface area contributed by atoms with Crippen molar-refractivity contribution in [3.05, 3.63) is 29.8 Å². The number of hydrogen-bond acceptors (Lipinski definition) is 3. The summed E-state index contributed by atoms with van der Waals surface area (Å²) in [6.45, 7) is 1.79. The van der Waals surface area contributed by atoms with Gasteiger partial charge in [-0.15, -0.1) is 0 Å². The SMILES string of the molecule is COc1ccc(C[C@@H](C(=O)O)N2CCCC2)cc1. The third-order valence-corrected chi connectivity index (χ3v) is 3.45. The number of aliphatic carboxylic acids is 1. The second-order valence-electron chi connectivity index (χ2n) is 4.65. The van der Waals surface area contributed by atoms with E-state index < -0.39 is 12.0 Å². The Morgan fingerprint density at radius 1 is 1.33 bits per heavy atom. The Labute approximate surface area is 107 Å². The Hall–Kier alpha value is -1.55. The van der Waals surface area contributed by atoms with Crippen molar-refractivity contribution in [2.75, 3.05) is 20.2 Å². The molecule has 18 heavy (non-hydrogen) atoms. The predicted octanol–water partition coefficient (Wildman–Crippen LogP) is 1.79. The van der Waals surface area contributed by atoms with E-state index in [-0.39, 0.29) is 0 Å². The lowest BCUT2D eigenvalue weighted by atomic mass is 10.0. The van der Waals surface area contributed by atoms with Crippen molar-refractivity contribution in [1.29, 1.82) is 0 Å². The van der Waals surface area contributed by atoms with Crippen LogP contribution in [0, 0.1) is 0 Å². The van der Waals surface area contributed by atoms with Crippen LogP contribution in [0.4, 0.5) is 0 Å². The maximum absolute atomic E-state index is 11.3. The van der Waals surface area contributed by atoms with Crippen molar-refractivity contribution in [2.24, 2.45) is 0 Å². The van der Waals surface area contributed by atoms with E-state index in [1.165, 1.54) is 0 Å². The minimum absolute atomic E-state index is 0.402. The zero-order valence-electron chi connectivity index (χ0n) is 10.6. The van der Waals surface area contributed by atoms with Crippen LogP contribution in [0.5, 0.6) is 5.75 Å². The minimum atomic E-state index is -0.729. The van der Waals surface area contributed by atoms with Crippen LogP contribution >= 0.6 is 0 Å². The molecular weight excluding hydrogens is 230 g/mol. The summed E-state index contributed by atoms with van der Waals surface area (Å²) < 4.78 is 5.09. The molecule has 1 aromatic carbocycles. The standard InChI is InChI=1S/C14H19NO3/c1-18-12-6-4-11(5-7-12)10-13(14(16)17)15-8-2-3-9-15/h4-7,13H,2-3,8-10H2,1H3,(H,16,17)/t13-/m0/s1. The van der Waals surface area contributed by atoms with E-state index in [0.717, 1.165) is 37.2 Å². The van der Waals surface area contributed by atoms with Gasteiger partial charge < -0.3 is 9.84 Å². The molecule has 1 N–H and O–H groups in total. The van der Waals surface area contributed by atoms with Crippen molar-refractivity contribution >= 4 is 5.97 Å². The van der Waals surface area contributed by atoms with E-state index in [4.69, 9.17) is 4.74 Å². The van der Waals surface area contributed by atoms with Gasteiger partial charge in [-0.3, -0.25) is 9.69 Å². The van der Waals surface area contributed by atoms with E-state index >= 15 is 0 Å². The molecule has 1 atom stereocenters. The molecule has 0 unspecified atom stereocenters. The fourth-order valence-corrected chi connectivity index (χ4v) is 2.41. The smallest absolute Gasteiger partial charge is 0.321 e. The molecule has 0 bridgehead atoms. The lowest BCUT2D eigenvalue weighted by Crippen LogP contribution is -2.40. The molecule has 2 rings (SSSR count). The summed E-state index contributed by atoms with van der Waals surface area (Å²) in [6.07, 6.45) is 2.76. The van der Waals surface area contributed by atoms with Crippen LogP contribution in [-0.4, -0.2) is 42.2 Å². The summed E-state index contributed by atoms with van der Waals surface area (Å²) in [4.78, 5) is 13.4. The van der Waals surface area contributed by atoms with Gasteiger partial charge in [-0.25, -0.2) is 0 Å². The van der Waals surface area contributed by atoms with Gasteiger partial charge in [-0.1, -0.05) is 12.1 Å². The van der Waals surface area contributed by atoms with Crippen LogP contribution in [-0.2, 0) is 11.2 Å². The highest BCUT2D eigenvalue weighted by molar-refractivity contribution is 5.74. The van der Waals surface area contributed by atoms with E-state index in [1.807, 2.05) is 24.3 Å². The minimum Gasteiger partial charge on any atom is -0.497 e. The van der Waals surface area contributed by atoms with E-state index in [0.29, 0.717) is 6.42 Å². The van der Waals surface area contributed by atoms with Gasteiger partial charge in [-0.05, 0) is 50.0 Å². The lowest BCUT2D eigenvalue weighted by molar-refractivity contribution is -0.142. The first-order valence-corrected chi connectivity index (χ1v) is 6.30. The van der Waals surface area contributed by atoms with Crippen molar-refractivity contribution in [2.45, 2.75) is 25.3 Å². The van der Waals surface area contributed by atoms with Gasteiger partial charge in [0, 0.05) is 0 Å². The van der Waals surface area contributed by atoms with E-state index in [2.05, 4.69) is 4.90 Å². The molecule has 0 aliphatic carbocycles. The number of rotatable bonds is 5. The molecule has 1 aliphatic rings. The molecule has 1 aromatic rings. The molecule has 1 saturated heterocycles. The van der Waals surface area contributed by atoms with Gasteiger partial charge in [0.05, 0.1) is 7.11 Å². The first-order chi connectivity index (χ1) is 8.70. The molecule has 98 valence electrons. The highest BCUT2D eigenvalue weighted by Gasteiger charge is 2.27. The summed E-state index contributed by atoms with van der Waals surface area (Å²) in [5.74, 6) is 0.0690. The van der Waals surface area contributed by atoms with Crippen LogP contribution < -0.4 is 4.74 Å². The number of ether oxygens (including phenoxy) is 1. The molecule has 1 fully saturated rings. The molecule has 0 spiro atoms. The zero-order valence-corrected chi connectivity index (χ0v) is 10.6. The molecule has 1 aliphatic heterocycles. The third kappa shape index (κ3) is 3.01. The molecule has 0 saturated carbocycles. The number of carbonyl (C=O) groups is 1. The largest absolute Gasteiger partial charge is 0.497 e. The molecule has 0 aromatic heterocycles. The topological polar surface area (TPSA) is 49.8 Å². The highest BCUT2D eigenvalue weighted by Crippen LogP contribution is 2.18. The van der Waals surface area contributed by atoms with Crippen molar-refractivity contribution < 1.29 is 14.6 Å². The number of methoxy groups -OCH3 is 1. The third-order valence-electron chi connectivity index (χ3n) is 3.45. The number of benzene rings is 1. The Balaban J connectivity index is 2.05. The fourth-order valence-electron chi connectivity index (χ4n) is 2.41. The Bertz CT molecular complexity index is 396. The molecular formula is C14H19NO3. The lowest BCUT2D eigenvalue weighted by Gasteiger charge is -2.23. The molecule has 0 amide bonds. The van der Waals surface area contributed by atoms with E-state index in [9.17, 15) is 9.90 Å². The van der Waals surface area contributed by atoms with Gasteiger partial charge in [0.1, 0.15) is 11.8 Å². The van der Waals surface area contributed by atoms with Gasteiger partial charge in [0.25, 0.3) is 0 Å². The second-order valence-corrected chi connectivity index (χ2v) is 4.65. The summed E-state index contributed by atoms with van der Waals surface area (Å²) in [7, 11) is 1.62. The first-order valence-electron chi connectivity index (χ1n) is 6.30. The molecule has 4 heteroatoms. The highest BCUT2D eigenvalue weighted by atomic mass is 16.5. The molecule has 1 heterocycles. The van der Waals surface area contributed by atoms with Crippen LogP contribution in [0.3, 0.4) is 0 Å². The number of nitrogens with zero attached hydrogens (tertiary/aromatic N) is 1. The summed E-state index contributed by atoms with van der Waals surface area (Å²) in [6, 6.07) is 7.22. The number of likely N-dealkylation sites (tertiary alicyclic amines) is 1. The van der Waals surface area contributed by atoms with Crippen molar-refractivity contribution in [3.63, 3.8) is 0 Å². The van der Waals surface area contributed by atoms with Gasteiger partial charge in [0.15, 0.2) is 0 Å². The second kappa shape index (κ2) is 5.87. The summed E-state index contributed by atoms with van der Waals surface area (Å²) in [5, 5.41) is 9.33. The summed E-state index contributed by atoms with van der Waals surface area (Å²) in [5.41, 5.74) is 1.04. The van der Waals surface area contributed by atoms with Crippen LogP contribution in [0.15, 0.2) is 24.3 Å². The van der Waals surface area contributed by atoms with Gasteiger partial charge in [0.2, 0.25) is 0 Å². The Kier molecular flexibility index (Phi) is 4.20.